The van der Waals surface area contributed by atoms with E-state index in [1.807, 2.05) is 6.92 Å². The Hall–Kier alpha value is -1.55. The Morgan fingerprint density at radius 1 is 1.50 bits per heavy atom. The Labute approximate surface area is 133 Å². The second kappa shape index (κ2) is 6.29. The monoisotopic (exact) mass is 304 g/mol. The van der Waals surface area contributed by atoms with E-state index in [2.05, 4.69) is 38.2 Å². The molecule has 4 heteroatoms. The van der Waals surface area contributed by atoms with Crippen LogP contribution >= 0.6 is 0 Å². The smallest absolute Gasteiger partial charge is 0.217 e. The van der Waals surface area contributed by atoms with Crippen LogP contribution in [0.5, 0.6) is 5.75 Å². The molecule has 0 fully saturated rings. The Morgan fingerprint density at radius 2 is 2.18 bits per heavy atom. The van der Waals surface area contributed by atoms with Crippen molar-refractivity contribution in [1.29, 1.82) is 0 Å². The van der Waals surface area contributed by atoms with Gasteiger partial charge in [-0.1, -0.05) is 19.4 Å². The summed E-state index contributed by atoms with van der Waals surface area (Å²) in [5.41, 5.74) is 9.24. The maximum Gasteiger partial charge on any atom is 0.217 e. The molecule has 0 saturated carbocycles. The number of benzene rings is 1. The van der Waals surface area contributed by atoms with Crippen LogP contribution in [0.3, 0.4) is 0 Å². The summed E-state index contributed by atoms with van der Waals surface area (Å²) in [6.07, 6.45) is 2.76. The molecule has 4 nitrogen and oxygen atoms in total. The second-order valence-corrected chi connectivity index (χ2v) is 6.97. The molecule has 2 unspecified atom stereocenters. The first-order valence-corrected chi connectivity index (χ1v) is 8.09. The van der Waals surface area contributed by atoms with E-state index in [1.165, 1.54) is 0 Å². The van der Waals surface area contributed by atoms with Gasteiger partial charge in [-0.3, -0.25) is 4.79 Å². The van der Waals surface area contributed by atoms with Crippen LogP contribution in [0.4, 0.5) is 0 Å². The van der Waals surface area contributed by atoms with Crippen LogP contribution < -0.4 is 15.8 Å². The molecule has 1 aromatic carbocycles. The lowest BCUT2D eigenvalue weighted by molar-refractivity contribution is -0.120. The summed E-state index contributed by atoms with van der Waals surface area (Å²) < 4.78 is 6.16. The van der Waals surface area contributed by atoms with Gasteiger partial charge in [-0.2, -0.15) is 0 Å². The molecule has 1 aromatic rings. The summed E-state index contributed by atoms with van der Waals surface area (Å²) >= 11 is 0. The van der Waals surface area contributed by atoms with Gasteiger partial charge in [0.2, 0.25) is 5.91 Å². The van der Waals surface area contributed by atoms with Crippen molar-refractivity contribution in [2.24, 2.45) is 5.73 Å². The number of carbonyl (C=O) groups is 1. The van der Waals surface area contributed by atoms with Crippen LogP contribution in [0.1, 0.15) is 75.7 Å². The summed E-state index contributed by atoms with van der Waals surface area (Å²) in [5.74, 6) is 0.872. The SMILES string of the molecule is CCCC(N)c1cc(C)c2c(c1)C(NC(C)=O)CC(C)(C)O2. The highest BCUT2D eigenvalue weighted by atomic mass is 16.5. The number of hydrogen-bond donors (Lipinski definition) is 2. The van der Waals surface area contributed by atoms with E-state index in [0.29, 0.717) is 0 Å². The molecule has 0 aliphatic carbocycles. The summed E-state index contributed by atoms with van der Waals surface area (Å²) in [7, 11) is 0. The maximum absolute atomic E-state index is 11.6. The van der Waals surface area contributed by atoms with Crippen molar-refractivity contribution in [3.05, 3.63) is 28.8 Å². The lowest BCUT2D eigenvalue weighted by Crippen LogP contribution is -2.41. The third-order valence-corrected chi connectivity index (χ3v) is 4.18. The van der Waals surface area contributed by atoms with Gasteiger partial charge < -0.3 is 15.8 Å². The number of rotatable bonds is 4. The Kier molecular flexibility index (Phi) is 4.81. The van der Waals surface area contributed by atoms with Gasteiger partial charge in [-0.25, -0.2) is 0 Å². The van der Waals surface area contributed by atoms with Gasteiger partial charge >= 0.3 is 0 Å². The molecule has 2 atom stereocenters. The number of carbonyl (C=O) groups excluding carboxylic acids is 1. The van der Waals surface area contributed by atoms with E-state index in [9.17, 15) is 4.79 Å². The first kappa shape index (κ1) is 16.8. The highest BCUT2D eigenvalue weighted by molar-refractivity contribution is 5.73. The summed E-state index contributed by atoms with van der Waals surface area (Å²) in [5, 5.41) is 3.06. The highest BCUT2D eigenvalue weighted by Gasteiger charge is 2.35. The highest BCUT2D eigenvalue weighted by Crippen LogP contribution is 2.42. The van der Waals surface area contributed by atoms with Gasteiger partial charge in [0.15, 0.2) is 0 Å². The summed E-state index contributed by atoms with van der Waals surface area (Å²) in [6, 6.07) is 4.23. The molecule has 1 aliphatic rings. The molecule has 122 valence electrons. The maximum atomic E-state index is 11.6. The predicted molar refractivity (Wildman–Crippen MR) is 88.9 cm³/mol. The number of ether oxygens (including phenoxy) is 1. The average Bonchev–Trinajstić information content (AvgIpc) is 2.38. The molecule has 1 heterocycles. The van der Waals surface area contributed by atoms with Crippen molar-refractivity contribution in [3.8, 4) is 5.75 Å². The van der Waals surface area contributed by atoms with Crippen molar-refractivity contribution >= 4 is 5.91 Å². The van der Waals surface area contributed by atoms with E-state index >= 15 is 0 Å². The zero-order valence-corrected chi connectivity index (χ0v) is 14.3. The molecule has 0 saturated heterocycles. The van der Waals surface area contributed by atoms with Gasteiger partial charge in [0.05, 0.1) is 6.04 Å². The number of aryl methyl sites for hydroxylation is 1. The molecular formula is C18H28N2O2. The van der Waals surface area contributed by atoms with Crippen molar-refractivity contribution in [2.45, 2.75) is 71.6 Å². The molecule has 22 heavy (non-hydrogen) atoms. The number of nitrogens with one attached hydrogen (secondary N) is 1. The molecule has 2 rings (SSSR count). The second-order valence-electron chi connectivity index (χ2n) is 6.97. The van der Waals surface area contributed by atoms with Crippen LogP contribution in [-0.4, -0.2) is 11.5 Å². The van der Waals surface area contributed by atoms with E-state index < -0.39 is 0 Å². The van der Waals surface area contributed by atoms with E-state index in [-0.39, 0.29) is 23.6 Å². The fourth-order valence-corrected chi connectivity index (χ4v) is 3.21. The van der Waals surface area contributed by atoms with Crippen LogP contribution in [0.25, 0.3) is 0 Å². The van der Waals surface area contributed by atoms with E-state index in [0.717, 1.165) is 41.7 Å². The largest absolute Gasteiger partial charge is 0.487 e. The third-order valence-electron chi connectivity index (χ3n) is 4.18. The number of nitrogens with two attached hydrogens (primary N) is 1. The van der Waals surface area contributed by atoms with Crippen LogP contribution in [0.15, 0.2) is 12.1 Å². The lowest BCUT2D eigenvalue weighted by Gasteiger charge is -2.39. The van der Waals surface area contributed by atoms with Crippen molar-refractivity contribution < 1.29 is 9.53 Å². The minimum atomic E-state index is -0.294. The molecule has 0 spiro atoms. The Morgan fingerprint density at radius 3 is 2.77 bits per heavy atom. The fourth-order valence-electron chi connectivity index (χ4n) is 3.21. The van der Waals surface area contributed by atoms with Gasteiger partial charge in [-0.15, -0.1) is 0 Å². The zero-order chi connectivity index (χ0) is 16.5. The van der Waals surface area contributed by atoms with Gasteiger partial charge in [0.1, 0.15) is 11.4 Å². The van der Waals surface area contributed by atoms with Crippen molar-refractivity contribution in [2.75, 3.05) is 0 Å². The van der Waals surface area contributed by atoms with Crippen molar-refractivity contribution in [3.63, 3.8) is 0 Å². The fraction of sp³-hybridized carbons (Fsp3) is 0.611. The quantitative estimate of drug-likeness (QED) is 0.894. The first-order valence-electron chi connectivity index (χ1n) is 8.09. The Balaban J connectivity index is 2.46. The van der Waals surface area contributed by atoms with Crippen LogP contribution in [0, 0.1) is 6.92 Å². The molecular weight excluding hydrogens is 276 g/mol. The average molecular weight is 304 g/mol. The third kappa shape index (κ3) is 3.61. The molecule has 3 N–H and O–H groups in total. The standard InChI is InChI=1S/C18H28N2O2/c1-6-7-15(19)13-8-11(2)17-14(9-13)16(20-12(3)21)10-18(4,5)22-17/h8-9,15-16H,6-7,10,19H2,1-5H3,(H,20,21). The Bertz CT molecular complexity index is 566. The predicted octanol–water partition coefficient (Wildman–Crippen LogP) is 3.53. The minimum Gasteiger partial charge on any atom is -0.487 e. The molecule has 0 bridgehead atoms. The molecule has 1 amide bonds. The molecule has 0 radical (unpaired) electrons. The van der Waals surface area contributed by atoms with Crippen LogP contribution in [-0.2, 0) is 4.79 Å². The van der Waals surface area contributed by atoms with Crippen LogP contribution in [0.2, 0.25) is 0 Å². The summed E-state index contributed by atoms with van der Waals surface area (Å²) in [6.45, 7) is 9.85. The number of amides is 1. The zero-order valence-electron chi connectivity index (χ0n) is 14.3. The normalized spacial score (nSPS) is 20.7. The lowest BCUT2D eigenvalue weighted by atomic mass is 9.86. The molecule has 0 aromatic heterocycles. The van der Waals surface area contributed by atoms with Gasteiger partial charge in [-0.05, 0) is 44.4 Å². The molecule has 1 aliphatic heterocycles. The van der Waals surface area contributed by atoms with Gasteiger partial charge in [0.25, 0.3) is 0 Å². The number of hydrogen-bond acceptors (Lipinski definition) is 3. The first-order chi connectivity index (χ1) is 10.2. The van der Waals surface area contributed by atoms with E-state index in [1.54, 1.807) is 6.92 Å². The number of fused-ring (bicyclic) bond motifs is 1. The van der Waals surface area contributed by atoms with E-state index in [4.69, 9.17) is 10.5 Å². The summed E-state index contributed by atoms with van der Waals surface area (Å²) in [4.78, 5) is 11.6. The van der Waals surface area contributed by atoms with Crippen molar-refractivity contribution in [1.82, 2.24) is 5.32 Å². The van der Waals surface area contributed by atoms with Gasteiger partial charge in [0, 0.05) is 24.9 Å². The minimum absolute atomic E-state index is 0.0189. The topological polar surface area (TPSA) is 64.3 Å².